The van der Waals surface area contributed by atoms with Crippen molar-refractivity contribution >= 4 is 17.3 Å². The first-order chi connectivity index (χ1) is 9.47. The van der Waals surface area contributed by atoms with Gasteiger partial charge in [0.1, 0.15) is 5.82 Å². The predicted molar refractivity (Wildman–Crippen MR) is 77.5 cm³/mol. The first-order valence-corrected chi connectivity index (χ1v) is 6.12. The van der Waals surface area contributed by atoms with Crippen LogP contribution in [0.15, 0.2) is 42.5 Å². The highest BCUT2D eigenvalue weighted by Crippen LogP contribution is 2.18. The Morgan fingerprint density at radius 1 is 1.15 bits per heavy atom. The van der Waals surface area contributed by atoms with E-state index in [0.717, 1.165) is 5.56 Å². The number of benzene rings is 2. The fourth-order valence-corrected chi connectivity index (χ4v) is 1.92. The van der Waals surface area contributed by atoms with Crippen molar-refractivity contribution in [1.82, 2.24) is 4.90 Å². The molecule has 104 valence electrons. The van der Waals surface area contributed by atoms with Crippen molar-refractivity contribution in [2.24, 2.45) is 0 Å². The summed E-state index contributed by atoms with van der Waals surface area (Å²) in [6, 6.07) is 10.8. The zero-order valence-corrected chi connectivity index (χ0v) is 11.1. The molecule has 0 unspecified atom stereocenters. The van der Waals surface area contributed by atoms with E-state index in [1.165, 1.54) is 17.0 Å². The van der Waals surface area contributed by atoms with Gasteiger partial charge < -0.3 is 16.4 Å². The summed E-state index contributed by atoms with van der Waals surface area (Å²) in [5.74, 6) is -0.502. The number of nitrogens with zero attached hydrogens (tertiary/aromatic N) is 1. The van der Waals surface area contributed by atoms with Crippen molar-refractivity contribution < 1.29 is 9.18 Å². The molecular formula is C15H16FN3O. The molecule has 0 saturated heterocycles. The van der Waals surface area contributed by atoms with Gasteiger partial charge in [0.2, 0.25) is 0 Å². The van der Waals surface area contributed by atoms with Crippen molar-refractivity contribution in [3.63, 3.8) is 0 Å². The Bertz CT molecular complexity index is 626. The third-order valence-electron chi connectivity index (χ3n) is 2.99. The molecule has 0 bridgehead atoms. The summed E-state index contributed by atoms with van der Waals surface area (Å²) in [5.41, 5.74) is 13.5. The van der Waals surface area contributed by atoms with Gasteiger partial charge in [0.15, 0.2) is 0 Å². The van der Waals surface area contributed by atoms with Gasteiger partial charge in [0.25, 0.3) is 5.91 Å². The highest BCUT2D eigenvalue weighted by molar-refractivity contribution is 5.99. The molecule has 4 nitrogen and oxygen atoms in total. The minimum absolute atomic E-state index is 0.202. The molecule has 5 heteroatoms. The van der Waals surface area contributed by atoms with Crippen LogP contribution in [0.4, 0.5) is 15.8 Å². The van der Waals surface area contributed by atoms with Crippen molar-refractivity contribution in [3.8, 4) is 0 Å². The maximum atomic E-state index is 12.8. The Labute approximate surface area is 116 Å². The van der Waals surface area contributed by atoms with Crippen LogP contribution >= 0.6 is 0 Å². The van der Waals surface area contributed by atoms with Gasteiger partial charge in [0.05, 0.1) is 5.56 Å². The van der Waals surface area contributed by atoms with Gasteiger partial charge in [-0.15, -0.1) is 0 Å². The summed E-state index contributed by atoms with van der Waals surface area (Å²) in [4.78, 5) is 13.8. The van der Waals surface area contributed by atoms with Gasteiger partial charge in [-0.25, -0.2) is 4.39 Å². The van der Waals surface area contributed by atoms with Crippen LogP contribution < -0.4 is 11.5 Å². The molecule has 0 radical (unpaired) electrons. The van der Waals surface area contributed by atoms with E-state index in [9.17, 15) is 9.18 Å². The largest absolute Gasteiger partial charge is 0.399 e. The molecule has 4 N–H and O–H groups in total. The number of hydrogen-bond donors (Lipinski definition) is 2. The molecule has 0 fully saturated rings. The molecule has 2 aromatic rings. The van der Waals surface area contributed by atoms with E-state index in [0.29, 0.717) is 23.5 Å². The molecule has 0 aromatic heterocycles. The molecule has 1 amide bonds. The molecular weight excluding hydrogens is 257 g/mol. The Balaban J connectivity index is 2.14. The summed E-state index contributed by atoms with van der Waals surface area (Å²) in [7, 11) is 1.67. The van der Waals surface area contributed by atoms with Gasteiger partial charge in [-0.3, -0.25) is 4.79 Å². The normalized spacial score (nSPS) is 10.3. The average Bonchev–Trinajstić information content (AvgIpc) is 2.40. The maximum absolute atomic E-state index is 12.8. The number of halogens is 1. The number of amides is 1. The second-order valence-corrected chi connectivity index (χ2v) is 4.63. The number of rotatable bonds is 3. The lowest BCUT2D eigenvalue weighted by molar-refractivity contribution is 0.0786. The summed E-state index contributed by atoms with van der Waals surface area (Å²) < 4.78 is 12.8. The fraction of sp³-hybridized carbons (Fsp3) is 0.133. The molecule has 0 aliphatic heterocycles. The van der Waals surface area contributed by atoms with E-state index < -0.39 is 0 Å². The van der Waals surface area contributed by atoms with Crippen LogP contribution in [-0.2, 0) is 6.54 Å². The number of anilines is 2. The lowest BCUT2D eigenvalue weighted by atomic mass is 10.1. The minimum atomic E-state index is -0.300. The molecule has 0 heterocycles. The highest BCUT2D eigenvalue weighted by Gasteiger charge is 2.15. The second kappa shape index (κ2) is 5.61. The Kier molecular flexibility index (Phi) is 3.89. The van der Waals surface area contributed by atoms with E-state index >= 15 is 0 Å². The number of nitrogens with two attached hydrogens (primary N) is 2. The molecule has 0 aliphatic carbocycles. The van der Waals surface area contributed by atoms with Crippen molar-refractivity contribution in [2.45, 2.75) is 6.54 Å². The average molecular weight is 273 g/mol. The summed E-state index contributed by atoms with van der Waals surface area (Å²) in [6.45, 7) is 0.378. The van der Waals surface area contributed by atoms with E-state index in [4.69, 9.17) is 11.5 Å². The van der Waals surface area contributed by atoms with Crippen LogP contribution in [0.1, 0.15) is 15.9 Å². The van der Waals surface area contributed by atoms with Crippen LogP contribution in [0.3, 0.4) is 0 Å². The van der Waals surface area contributed by atoms with E-state index in [2.05, 4.69) is 0 Å². The molecule has 0 atom stereocenters. The van der Waals surface area contributed by atoms with Gasteiger partial charge >= 0.3 is 0 Å². The Hall–Kier alpha value is -2.56. The molecule has 2 aromatic carbocycles. The topological polar surface area (TPSA) is 72.3 Å². The highest BCUT2D eigenvalue weighted by atomic mass is 19.1. The van der Waals surface area contributed by atoms with Crippen LogP contribution in [0, 0.1) is 5.82 Å². The van der Waals surface area contributed by atoms with Crippen LogP contribution in [0.25, 0.3) is 0 Å². The lowest BCUT2D eigenvalue weighted by Gasteiger charge is -2.18. The summed E-state index contributed by atoms with van der Waals surface area (Å²) in [6.07, 6.45) is 0. The molecule has 2 rings (SSSR count). The number of carbonyl (C=O) groups excluding carboxylic acids is 1. The fourth-order valence-electron chi connectivity index (χ4n) is 1.92. The van der Waals surface area contributed by atoms with E-state index in [1.54, 1.807) is 37.4 Å². The molecule has 0 saturated carbocycles. The van der Waals surface area contributed by atoms with Gasteiger partial charge in [0, 0.05) is 25.0 Å². The molecule has 0 spiro atoms. The molecule has 20 heavy (non-hydrogen) atoms. The van der Waals surface area contributed by atoms with E-state index in [-0.39, 0.29) is 11.7 Å². The number of hydrogen-bond acceptors (Lipinski definition) is 3. The summed E-state index contributed by atoms with van der Waals surface area (Å²) in [5, 5.41) is 0. The zero-order chi connectivity index (χ0) is 14.7. The standard InChI is InChI=1S/C15H16FN3O/c1-19(9-10-2-4-11(16)5-3-10)15(20)13-7-6-12(17)8-14(13)18/h2-8H,9,17-18H2,1H3. The van der Waals surface area contributed by atoms with Crippen LogP contribution in [0.5, 0.6) is 0 Å². The SMILES string of the molecule is CN(Cc1ccc(F)cc1)C(=O)c1ccc(N)cc1N. The maximum Gasteiger partial charge on any atom is 0.255 e. The van der Waals surface area contributed by atoms with Crippen molar-refractivity contribution in [3.05, 3.63) is 59.4 Å². The van der Waals surface area contributed by atoms with Gasteiger partial charge in [-0.2, -0.15) is 0 Å². The first-order valence-electron chi connectivity index (χ1n) is 6.12. The smallest absolute Gasteiger partial charge is 0.255 e. The number of carbonyl (C=O) groups is 1. The third-order valence-corrected chi connectivity index (χ3v) is 2.99. The minimum Gasteiger partial charge on any atom is -0.399 e. The van der Waals surface area contributed by atoms with Crippen LogP contribution in [0.2, 0.25) is 0 Å². The number of nitrogen functional groups attached to an aromatic ring is 2. The third kappa shape index (κ3) is 3.06. The van der Waals surface area contributed by atoms with Crippen molar-refractivity contribution in [1.29, 1.82) is 0 Å². The molecule has 0 aliphatic rings. The Morgan fingerprint density at radius 2 is 1.80 bits per heavy atom. The predicted octanol–water partition coefficient (Wildman–Crippen LogP) is 2.26. The monoisotopic (exact) mass is 273 g/mol. The van der Waals surface area contributed by atoms with Crippen LogP contribution in [-0.4, -0.2) is 17.9 Å². The van der Waals surface area contributed by atoms with E-state index in [1.807, 2.05) is 0 Å². The second-order valence-electron chi connectivity index (χ2n) is 4.63. The zero-order valence-electron chi connectivity index (χ0n) is 11.1. The Morgan fingerprint density at radius 3 is 2.40 bits per heavy atom. The van der Waals surface area contributed by atoms with Gasteiger partial charge in [-0.05, 0) is 35.9 Å². The lowest BCUT2D eigenvalue weighted by Crippen LogP contribution is -2.27. The summed E-state index contributed by atoms with van der Waals surface area (Å²) >= 11 is 0. The van der Waals surface area contributed by atoms with Crippen molar-refractivity contribution in [2.75, 3.05) is 18.5 Å². The van der Waals surface area contributed by atoms with Gasteiger partial charge in [-0.1, -0.05) is 12.1 Å². The quantitative estimate of drug-likeness (QED) is 0.842. The first kappa shape index (κ1) is 13.9.